The van der Waals surface area contributed by atoms with Crippen molar-refractivity contribution in [3.8, 4) is 16.9 Å². The van der Waals surface area contributed by atoms with Crippen LogP contribution in [0.2, 0.25) is 0 Å². The molecule has 0 spiro atoms. The van der Waals surface area contributed by atoms with Gasteiger partial charge >= 0.3 is 6.18 Å². The molecule has 4 aromatic carbocycles. The van der Waals surface area contributed by atoms with E-state index in [1.807, 2.05) is 67.6 Å². The van der Waals surface area contributed by atoms with Gasteiger partial charge in [0.2, 0.25) is 0 Å². The lowest BCUT2D eigenvalue weighted by Crippen LogP contribution is -2.07. The third kappa shape index (κ3) is 3.12. The van der Waals surface area contributed by atoms with Crippen LogP contribution >= 0.6 is 0 Å². The van der Waals surface area contributed by atoms with Gasteiger partial charge in [-0.25, -0.2) is 4.68 Å². The van der Waals surface area contributed by atoms with Crippen molar-refractivity contribution in [1.29, 1.82) is 0 Å². The molecule has 0 fully saturated rings. The molecule has 2 nitrogen and oxygen atoms in total. The summed E-state index contributed by atoms with van der Waals surface area (Å²) in [6, 6.07) is 26.2. The van der Waals surface area contributed by atoms with E-state index >= 15 is 0 Å². The number of rotatable bonds is 2. The number of fused-ring (bicyclic) bond motifs is 3. The lowest BCUT2D eigenvalue weighted by molar-refractivity contribution is -0.141. The van der Waals surface area contributed by atoms with Gasteiger partial charge in [-0.3, -0.25) is 0 Å². The van der Waals surface area contributed by atoms with Gasteiger partial charge in [0.15, 0.2) is 5.69 Å². The maximum Gasteiger partial charge on any atom is 0.435 e. The van der Waals surface area contributed by atoms with E-state index in [9.17, 15) is 13.2 Å². The highest BCUT2D eigenvalue weighted by atomic mass is 19.4. The molecular weight excluding hydrogens is 385 g/mol. The fourth-order valence-corrected chi connectivity index (χ4v) is 3.78. The second kappa shape index (κ2) is 6.73. The number of aromatic nitrogens is 2. The molecule has 0 saturated carbocycles. The summed E-state index contributed by atoms with van der Waals surface area (Å²) in [7, 11) is 0. The van der Waals surface area contributed by atoms with E-state index in [0.717, 1.165) is 33.2 Å². The maximum absolute atomic E-state index is 13.4. The molecule has 5 rings (SSSR count). The van der Waals surface area contributed by atoms with Crippen molar-refractivity contribution < 1.29 is 13.2 Å². The summed E-state index contributed by atoms with van der Waals surface area (Å²) in [5.74, 6) is 0. The first-order valence-electron chi connectivity index (χ1n) is 9.56. The van der Waals surface area contributed by atoms with Crippen molar-refractivity contribution in [3.63, 3.8) is 0 Å². The summed E-state index contributed by atoms with van der Waals surface area (Å²) in [5, 5.41) is 8.15. The molecule has 0 N–H and O–H groups in total. The second-order valence-electron chi connectivity index (χ2n) is 7.38. The highest BCUT2D eigenvalue weighted by Crippen LogP contribution is 2.35. The minimum Gasteiger partial charge on any atom is -0.233 e. The van der Waals surface area contributed by atoms with Crippen molar-refractivity contribution in [1.82, 2.24) is 9.78 Å². The van der Waals surface area contributed by atoms with Gasteiger partial charge in [-0.15, -0.1) is 0 Å². The largest absolute Gasteiger partial charge is 0.435 e. The van der Waals surface area contributed by atoms with Gasteiger partial charge in [-0.05, 0) is 52.7 Å². The smallest absolute Gasteiger partial charge is 0.233 e. The first-order valence-corrected chi connectivity index (χ1v) is 9.56. The number of aryl methyl sites for hydroxylation is 1. The third-order valence-corrected chi connectivity index (χ3v) is 5.32. The Labute approximate surface area is 171 Å². The number of hydrogen-bond donors (Lipinski definition) is 0. The van der Waals surface area contributed by atoms with Gasteiger partial charge in [0.1, 0.15) is 0 Å². The standard InChI is InChI=1S/C25H17F3N2/c1-16-6-11-20(12-7-16)30-23(15-24(29-30)25(26,27)28)19-10-13-22-18(14-19)9-8-17-4-2-3-5-21(17)22/h2-15H,1H3. The fraction of sp³-hybridized carbons (Fsp3) is 0.0800. The van der Waals surface area contributed by atoms with Gasteiger partial charge in [0.05, 0.1) is 11.4 Å². The van der Waals surface area contributed by atoms with Crippen LogP contribution in [0.1, 0.15) is 11.3 Å². The Morgan fingerprint density at radius 1 is 0.733 bits per heavy atom. The van der Waals surface area contributed by atoms with Crippen molar-refractivity contribution in [2.24, 2.45) is 0 Å². The molecule has 0 saturated heterocycles. The molecule has 0 bridgehead atoms. The van der Waals surface area contributed by atoms with Gasteiger partial charge in [-0.1, -0.05) is 66.2 Å². The van der Waals surface area contributed by atoms with E-state index in [4.69, 9.17) is 0 Å². The van der Waals surface area contributed by atoms with Crippen molar-refractivity contribution >= 4 is 21.5 Å². The quantitative estimate of drug-likeness (QED) is 0.286. The molecule has 0 amide bonds. The zero-order valence-electron chi connectivity index (χ0n) is 16.1. The van der Waals surface area contributed by atoms with Crippen molar-refractivity contribution in [3.05, 3.63) is 96.2 Å². The topological polar surface area (TPSA) is 17.8 Å². The Kier molecular flexibility index (Phi) is 4.13. The fourth-order valence-electron chi connectivity index (χ4n) is 3.78. The molecule has 30 heavy (non-hydrogen) atoms. The molecule has 5 heteroatoms. The summed E-state index contributed by atoms with van der Waals surface area (Å²) in [6.45, 7) is 1.93. The first-order chi connectivity index (χ1) is 14.4. The highest BCUT2D eigenvalue weighted by molar-refractivity contribution is 6.08. The van der Waals surface area contributed by atoms with Crippen molar-refractivity contribution in [2.45, 2.75) is 13.1 Å². The predicted molar refractivity (Wildman–Crippen MR) is 114 cm³/mol. The number of benzene rings is 4. The second-order valence-corrected chi connectivity index (χ2v) is 7.38. The minimum absolute atomic E-state index is 0.404. The van der Waals surface area contributed by atoms with Crippen LogP contribution in [0.15, 0.2) is 84.9 Å². The Balaban J connectivity index is 1.72. The number of halogens is 3. The summed E-state index contributed by atoms with van der Waals surface area (Å²) in [4.78, 5) is 0. The molecule has 0 atom stereocenters. The number of nitrogens with zero attached hydrogens (tertiary/aromatic N) is 2. The summed E-state index contributed by atoms with van der Waals surface area (Å²) >= 11 is 0. The lowest BCUT2D eigenvalue weighted by atomic mass is 9.99. The third-order valence-electron chi connectivity index (χ3n) is 5.32. The molecule has 5 aromatic rings. The van der Waals surface area contributed by atoms with Gasteiger partial charge < -0.3 is 0 Å². The number of alkyl halides is 3. The van der Waals surface area contributed by atoms with Crippen LogP contribution in [0.4, 0.5) is 13.2 Å². The Morgan fingerprint density at radius 2 is 1.43 bits per heavy atom. The van der Waals surface area contributed by atoms with Crippen LogP contribution in [0, 0.1) is 6.92 Å². The summed E-state index contributed by atoms with van der Waals surface area (Å²) < 4.78 is 41.7. The molecule has 148 valence electrons. The maximum atomic E-state index is 13.4. The average molecular weight is 402 g/mol. The molecule has 0 aliphatic heterocycles. The minimum atomic E-state index is -4.52. The van der Waals surface area contributed by atoms with Crippen LogP contribution in [0.5, 0.6) is 0 Å². The van der Waals surface area contributed by atoms with E-state index in [1.165, 1.54) is 4.68 Å². The Bertz CT molecular complexity index is 1380. The van der Waals surface area contributed by atoms with Crippen LogP contribution in [0.3, 0.4) is 0 Å². The molecular formula is C25H17F3N2. The van der Waals surface area contributed by atoms with Crippen LogP contribution in [-0.4, -0.2) is 9.78 Å². The molecule has 1 aromatic heterocycles. The summed E-state index contributed by atoms with van der Waals surface area (Å²) in [5.41, 5.74) is 1.80. The predicted octanol–water partition coefficient (Wildman–Crippen LogP) is 7.17. The molecule has 0 unspecified atom stereocenters. The van der Waals surface area contributed by atoms with E-state index in [-0.39, 0.29) is 0 Å². The first kappa shape index (κ1) is 18.4. The Morgan fingerprint density at radius 3 is 2.20 bits per heavy atom. The van der Waals surface area contributed by atoms with Crippen LogP contribution < -0.4 is 0 Å². The van der Waals surface area contributed by atoms with Crippen LogP contribution in [-0.2, 0) is 6.18 Å². The number of hydrogen-bond acceptors (Lipinski definition) is 1. The van der Waals surface area contributed by atoms with Gasteiger partial charge in [0.25, 0.3) is 0 Å². The van der Waals surface area contributed by atoms with E-state index in [2.05, 4.69) is 11.2 Å². The molecule has 0 aliphatic carbocycles. The van der Waals surface area contributed by atoms with Crippen molar-refractivity contribution in [2.75, 3.05) is 0 Å². The molecule has 0 aliphatic rings. The van der Waals surface area contributed by atoms with E-state index < -0.39 is 11.9 Å². The van der Waals surface area contributed by atoms with E-state index in [1.54, 1.807) is 12.1 Å². The normalized spacial score (nSPS) is 12.0. The SMILES string of the molecule is Cc1ccc(-n2nc(C(F)(F)F)cc2-c2ccc3c(ccc4ccccc43)c2)cc1. The summed E-state index contributed by atoms with van der Waals surface area (Å²) in [6.07, 6.45) is -4.52. The van der Waals surface area contributed by atoms with E-state index in [0.29, 0.717) is 16.9 Å². The van der Waals surface area contributed by atoms with Crippen LogP contribution in [0.25, 0.3) is 38.5 Å². The highest BCUT2D eigenvalue weighted by Gasteiger charge is 2.35. The lowest BCUT2D eigenvalue weighted by Gasteiger charge is -2.10. The van der Waals surface area contributed by atoms with Gasteiger partial charge in [0, 0.05) is 5.56 Å². The molecule has 0 radical (unpaired) electrons. The zero-order valence-corrected chi connectivity index (χ0v) is 16.1. The van der Waals surface area contributed by atoms with Gasteiger partial charge in [-0.2, -0.15) is 18.3 Å². The average Bonchev–Trinajstić information content (AvgIpc) is 3.20. The zero-order chi connectivity index (χ0) is 20.9. The monoisotopic (exact) mass is 402 g/mol. The molecule has 1 heterocycles. The Hall–Kier alpha value is -3.60.